The van der Waals surface area contributed by atoms with Gasteiger partial charge in [-0.25, -0.2) is 0 Å². The van der Waals surface area contributed by atoms with Crippen LogP contribution < -0.4 is 5.32 Å². The smallest absolute Gasteiger partial charge is 0.0454 e. The van der Waals surface area contributed by atoms with Gasteiger partial charge in [-0.2, -0.15) is 0 Å². The molecule has 0 spiro atoms. The molecule has 2 unspecified atom stereocenters. The number of hydrogen-bond acceptors (Lipinski definition) is 1. The molecule has 0 saturated carbocycles. The highest BCUT2D eigenvalue weighted by Crippen LogP contribution is 2.26. The summed E-state index contributed by atoms with van der Waals surface area (Å²) in [6.45, 7) is 4.33. The van der Waals surface area contributed by atoms with Crippen LogP contribution in [0.3, 0.4) is 0 Å². The molecule has 0 saturated heterocycles. The molecule has 21 heavy (non-hydrogen) atoms. The van der Waals surface area contributed by atoms with Gasteiger partial charge in [-0.15, -0.1) is 0 Å². The van der Waals surface area contributed by atoms with Crippen LogP contribution in [0.2, 0.25) is 10.0 Å². The van der Waals surface area contributed by atoms with E-state index in [9.17, 15) is 0 Å². The maximum atomic E-state index is 6.25. The van der Waals surface area contributed by atoms with Gasteiger partial charge in [0.2, 0.25) is 0 Å². The molecule has 3 heteroatoms. The van der Waals surface area contributed by atoms with Crippen molar-refractivity contribution in [3.63, 3.8) is 0 Å². The Hall–Kier alpha value is -1.02. The molecule has 2 aromatic rings. The van der Waals surface area contributed by atoms with Gasteiger partial charge < -0.3 is 5.32 Å². The van der Waals surface area contributed by atoms with Crippen LogP contribution in [0, 0.1) is 0 Å². The number of hydrogen-bond donors (Lipinski definition) is 1. The highest BCUT2D eigenvalue weighted by Gasteiger charge is 2.13. The van der Waals surface area contributed by atoms with Crippen molar-refractivity contribution in [2.75, 3.05) is 0 Å². The molecule has 0 bridgehead atoms. The van der Waals surface area contributed by atoms with Gasteiger partial charge in [0.05, 0.1) is 0 Å². The summed E-state index contributed by atoms with van der Waals surface area (Å²) < 4.78 is 0. The summed E-state index contributed by atoms with van der Waals surface area (Å²) in [6.07, 6.45) is 2.16. The van der Waals surface area contributed by atoms with Crippen molar-refractivity contribution in [1.29, 1.82) is 0 Å². The lowest BCUT2D eigenvalue weighted by Gasteiger charge is -2.21. The SMILES string of the molecule is CC(CCc1ccccc1)NC(C)c1cc(Cl)ccc1Cl. The summed E-state index contributed by atoms with van der Waals surface area (Å²) in [4.78, 5) is 0. The summed E-state index contributed by atoms with van der Waals surface area (Å²) in [5, 5.41) is 5.07. The number of benzene rings is 2. The second-order valence-electron chi connectivity index (χ2n) is 5.48. The third kappa shape index (κ3) is 5.03. The Morgan fingerprint density at radius 2 is 1.71 bits per heavy atom. The monoisotopic (exact) mass is 321 g/mol. The van der Waals surface area contributed by atoms with Crippen LogP contribution in [-0.4, -0.2) is 6.04 Å². The van der Waals surface area contributed by atoms with Gasteiger partial charge in [0, 0.05) is 22.1 Å². The summed E-state index contributed by atoms with van der Waals surface area (Å²) in [6, 6.07) is 16.8. The summed E-state index contributed by atoms with van der Waals surface area (Å²) in [7, 11) is 0. The molecule has 1 nitrogen and oxygen atoms in total. The lowest BCUT2D eigenvalue weighted by molar-refractivity contribution is 0.456. The molecule has 0 aliphatic carbocycles. The van der Waals surface area contributed by atoms with Crippen molar-refractivity contribution in [2.24, 2.45) is 0 Å². The van der Waals surface area contributed by atoms with Crippen molar-refractivity contribution >= 4 is 23.2 Å². The topological polar surface area (TPSA) is 12.0 Å². The average Bonchev–Trinajstić information content (AvgIpc) is 2.48. The molecule has 0 radical (unpaired) electrons. The first-order valence-corrected chi connectivity index (χ1v) is 8.07. The van der Waals surface area contributed by atoms with Crippen molar-refractivity contribution in [3.05, 3.63) is 69.7 Å². The first kappa shape index (κ1) is 16.4. The van der Waals surface area contributed by atoms with Crippen LogP contribution in [0.5, 0.6) is 0 Å². The molecule has 2 aromatic carbocycles. The van der Waals surface area contributed by atoms with Gasteiger partial charge in [-0.1, -0.05) is 53.5 Å². The Bertz CT molecular complexity index is 569. The predicted molar refractivity (Wildman–Crippen MR) is 92.2 cm³/mol. The number of aryl methyl sites for hydroxylation is 1. The van der Waals surface area contributed by atoms with Gasteiger partial charge in [-0.05, 0) is 56.0 Å². The van der Waals surface area contributed by atoms with E-state index >= 15 is 0 Å². The zero-order valence-corrected chi connectivity index (χ0v) is 14.0. The Morgan fingerprint density at radius 1 is 1.00 bits per heavy atom. The fourth-order valence-corrected chi connectivity index (χ4v) is 2.94. The number of nitrogens with one attached hydrogen (secondary N) is 1. The fraction of sp³-hybridized carbons (Fsp3) is 0.333. The zero-order valence-electron chi connectivity index (χ0n) is 12.4. The zero-order chi connectivity index (χ0) is 15.2. The Morgan fingerprint density at radius 3 is 2.43 bits per heavy atom. The Labute approximate surface area is 137 Å². The minimum absolute atomic E-state index is 0.182. The maximum absolute atomic E-state index is 6.25. The van der Waals surface area contributed by atoms with Crippen LogP contribution >= 0.6 is 23.2 Å². The van der Waals surface area contributed by atoms with E-state index in [1.807, 2.05) is 24.3 Å². The van der Waals surface area contributed by atoms with Crippen molar-refractivity contribution < 1.29 is 0 Å². The highest BCUT2D eigenvalue weighted by molar-refractivity contribution is 6.33. The molecule has 2 rings (SSSR count). The normalized spacial score (nSPS) is 13.9. The van der Waals surface area contributed by atoms with E-state index in [0.29, 0.717) is 6.04 Å². The average molecular weight is 322 g/mol. The van der Waals surface area contributed by atoms with Gasteiger partial charge in [0.1, 0.15) is 0 Å². The van der Waals surface area contributed by atoms with Gasteiger partial charge >= 0.3 is 0 Å². The fourth-order valence-electron chi connectivity index (χ4n) is 2.47. The van der Waals surface area contributed by atoms with Gasteiger partial charge in [0.25, 0.3) is 0 Å². The lowest BCUT2D eigenvalue weighted by Crippen LogP contribution is -2.29. The van der Waals surface area contributed by atoms with Crippen molar-refractivity contribution in [2.45, 2.75) is 38.8 Å². The van der Waals surface area contributed by atoms with E-state index in [1.165, 1.54) is 5.56 Å². The molecule has 0 aliphatic heterocycles. The lowest BCUT2D eigenvalue weighted by atomic mass is 10.0. The van der Waals surface area contributed by atoms with Crippen LogP contribution in [0.4, 0.5) is 0 Å². The first-order valence-electron chi connectivity index (χ1n) is 7.31. The first-order chi connectivity index (χ1) is 10.1. The largest absolute Gasteiger partial charge is 0.308 e. The van der Waals surface area contributed by atoms with Crippen molar-refractivity contribution in [1.82, 2.24) is 5.32 Å². The predicted octanol–water partition coefficient (Wildman–Crippen LogP) is 5.67. The standard InChI is InChI=1S/C18H21Cl2N/c1-13(8-9-15-6-4-3-5-7-15)21-14(2)17-12-16(19)10-11-18(17)20/h3-7,10-14,21H,8-9H2,1-2H3. The second kappa shape index (κ2) is 7.84. The minimum atomic E-state index is 0.182. The molecular weight excluding hydrogens is 301 g/mol. The van der Waals surface area contributed by atoms with Crippen LogP contribution in [0.25, 0.3) is 0 Å². The molecular formula is C18H21Cl2N. The number of halogens is 2. The number of rotatable bonds is 6. The van der Waals surface area contributed by atoms with E-state index in [4.69, 9.17) is 23.2 Å². The quantitative estimate of drug-likeness (QED) is 0.723. The Kier molecular flexibility index (Phi) is 6.10. The van der Waals surface area contributed by atoms with E-state index in [1.54, 1.807) is 0 Å². The minimum Gasteiger partial charge on any atom is -0.308 e. The summed E-state index contributed by atoms with van der Waals surface area (Å²) in [5.74, 6) is 0. The van der Waals surface area contributed by atoms with Crippen LogP contribution in [-0.2, 0) is 6.42 Å². The third-order valence-electron chi connectivity index (χ3n) is 3.67. The molecule has 0 heterocycles. The molecule has 0 aromatic heterocycles. The molecule has 112 valence electrons. The summed E-state index contributed by atoms with van der Waals surface area (Å²) >= 11 is 12.3. The molecule has 0 amide bonds. The molecule has 0 aliphatic rings. The Balaban J connectivity index is 1.90. The van der Waals surface area contributed by atoms with Gasteiger partial charge in [-0.3, -0.25) is 0 Å². The van der Waals surface area contributed by atoms with E-state index < -0.39 is 0 Å². The highest BCUT2D eigenvalue weighted by atomic mass is 35.5. The van der Waals surface area contributed by atoms with E-state index in [-0.39, 0.29) is 6.04 Å². The third-order valence-corrected chi connectivity index (χ3v) is 4.25. The van der Waals surface area contributed by atoms with E-state index in [2.05, 4.69) is 43.4 Å². The molecule has 2 atom stereocenters. The van der Waals surface area contributed by atoms with Crippen molar-refractivity contribution in [3.8, 4) is 0 Å². The van der Waals surface area contributed by atoms with E-state index in [0.717, 1.165) is 28.5 Å². The molecule has 0 fully saturated rings. The molecule has 1 N–H and O–H groups in total. The van der Waals surface area contributed by atoms with Crippen LogP contribution in [0.15, 0.2) is 48.5 Å². The maximum Gasteiger partial charge on any atom is 0.0454 e. The second-order valence-corrected chi connectivity index (χ2v) is 6.32. The van der Waals surface area contributed by atoms with Gasteiger partial charge in [0.15, 0.2) is 0 Å². The van der Waals surface area contributed by atoms with Crippen LogP contribution in [0.1, 0.15) is 37.4 Å². The summed E-state index contributed by atoms with van der Waals surface area (Å²) in [5.41, 5.74) is 2.43.